The summed E-state index contributed by atoms with van der Waals surface area (Å²) in [6.45, 7) is 3.68. The summed E-state index contributed by atoms with van der Waals surface area (Å²) in [6, 6.07) is 8.37. The van der Waals surface area contributed by atoms with Gasteiger partial charge in [0, 0.05) is 42.3 Å². The lowest BCUT2D eigenvalue weighted by molar-refractivity contribution is -0.114. The normalized spacial score (nSPS) is 15.9. The third kappa shape index (κ3) is 2.92. The van der Waals surface area contributed by atoms with Crippen LogP contribution in [0.5, 0.6) is 0 Å². The van der Waals surface area contributed by atoms with E-state index in [1.807, 2.05) is 11.2 Å². The predicted molar refractivity (Wildman–Crippen MR) is 112 cm³/mol. The van der Waals surface area contributed by atoms with E-state index in [1.54, 1.807) is 6.20 Å². The van der Waals surface area contributed by atoms with Gasteiger partial charge < -0.3 is 10.7 Å². The van der Waals surface area contributed by atoms with Crippen molar-refractivity contribution in [2.45, 2.75) is 25.7 Å². The Balaban J connectivity index is 1.61. The van der Waals surface area contributed by atoms with Crippen molar-refractivity contribution in [1.82, 2.24) is 29.8 Å². The van der Waals surface area contributed by atoms with E-state index in [-0.39, 0.29) is 5.92 Å². The molecule has 0 bridgehead atoms. The van der Waals surface area contributed by atoms with Crippen LogP contribution in [0.4, 0.5) is 5.82 Å². The van der Waals surface area contributed by atoms with Crippen LogP contribution in [0, 0.1) is 6.92 Å². The molecule has 0 unspecified atom stereocenters. The van der Waals surface area contributed by atoms with Crippen LogP contribution in [0.2, 0.25) is 0 Å². The Labute approximate surface area is 167 Å². The molecule has 1 amide bonds. The third-order valence-electron chi connectivity index (χ3n) is 5.83. The number of rotatable bonds is 4. The fourth-order valence-corrected chi connectivity index (χ4v) is 4.34. The molecular formula is C21H23N7O. The standard InChI is InChI=1S/C21H23N7O/c1-13-3-2-4-15-11-16(25-17(13)15)18-19-20(22)23-7-10-28(19)21(26-18)14-5-8-27(9-6-14)24-12-29/h2-4,7,10-12,14,25H,5-6,8-9H2,1H3,(H2,22,23)(H,24,29). The van der Waals surface area contributed by atoms with E-state index in [9.17, 15) is 4.79 Å². The number of aryl methyl sites for hydroxylation is 1. The number of aromatic amines is 1. The number of nitrogens with zero attached hydrogens (tertiary/aromatic N) is 4. The number of nitrogen functional groups attached to an aromatic ring is 1. The van der Waals surface area contributed by atoms with Crippen LogP contribution in [0.25, 0.3) is 27.8 Å². The number of anilines is 1. The minimum Gasteiger partial charge on any atom is -0.382 e. The maximum atomic E-state index is 10.7. The number of imidazole rings is 1. The van der Waals surface area contributed by atoms with Crippen LogP contribution in [0.15, 0.2) is 36.7 Å². The maximum absolute atomic E-state index is 10.7. The van der Waals surface area contributed by atoms with Gasteiger partial charge in [0.15, 0.2) is 0 Å². The Kier molecular flexibility index (Phi) is 4.21. The Morgan fingerprint density at radius 1 is 1.31 bits per heavy atom. The second-order valence-electron chi connectivity index (χ2n) is 7.58. The number of hydrazine groups is 1. The minimum absolute atomic E-state index is 0.286. The summed E-state index contributed by atoms with van der Waals surface area (Å²) in [7, 11) is 0. The Morgan fingerprint density at radius 3 is 2.90 bits per heavy atom. The lowest BCUT2D eigenvalue weighted by Crippen LogP contribution is -2.42. The molecule has 5 rings (SSSR count). The van der Waals surface area contributed by atoms with Gasteiger partial charge in [0.05, 0.1) is 5.69 Å². The highest BCUT2D eigenvalue weighted by Crippen LogP contribution is 2.35. The largest absolute Gasteiger partial charge is 0.382 e. The van der Waals surface area contributed by atoms with Crippen LogP contribution in [0.3, 0.4) is 0 Å². The molecule has 0 atom stereocenters. The molecule has 148 valence electrons. The number of carbonyl (C=O) groups is 1. The molecule has 4 N–H and O–H groups in total. The Morgan fingerprint density at radius 2 is 2.14 bits per heavy atom. The first-order valence-corrected chi connectivity index (χ1v) is 9.81. The molecule has 0 saturated carbocycles. The Hall–Kier alpha value is -3.39. The van der Waals surface area contributed by atoms with Crippen molar-refractivity contribution in [3.8, 4) is 11.4 Å². The average molecular weight is 389 g/mol. The number of amides is 1. The molecule has 8 heteroatoms. The molecule has 0 spiro atoms. The van der Waals surface area contributed by atoms with Crippen LogP contribution >= 0.6 is 0 Å². The van der Waals surface area contributed by atoms with Gasteiger partial charge in [-0.05, 0) is 31.4 Å². The summed E-state index contributed by atoms with van der Waals surface area (Å²) in [5.41, 5.74) is 13.9. The molecule has 1 aliphatic rings. The zero-order valence-electron chi connectivity index (χ0n) is 16.2. The molecule has 4 heterocycles. The highest BCUT2D eigenvalue weighted by molar-refractivity contribution is 5.92. The molecule has 1 saturated heterocycles. The van der Waals surface area contributed by atoms with Crippen LogP contribution < -0.4 is 11.2 Å². The molecule has 3 aromatic heterocycles. The molecule has 8 nitrogen and oxygen atoms in total. The first-order valence-electron chi connectivity index (χ1n) is 9.81. The van der Waals surface area contributed by atoms with Gasteiger partial charge in [-0.2, -0.15) is 0 Å². The number of piperidine rings is 1. The van der Waals surface area contributed by atoms with Crippen molar-refractivity contribution >= 4 is 28.6 Å². The number of H-pyrrole nitrogens is 1. The van der Waals surface area contributed by atoms with Crippen molar-refractivity contribution in [2.24, 2.45) is 0 Å². The number of aromatic nitrogens is 4. The fourth-order valence-electron chi connectivity index (χ4n) is 4.34. The smallest absolute Gasteiger partial charge is 0.221 e. The number of hydrogen-bond acceptors (Lipinski definition) is 5. The SMILES string of the molecule is Cc1cccc2cc(-c3nc(C4CCN(NC=O)CC4)n4ccnc(N)c34)[nH]c12. The van der Waals surface area contributed by atoms with E-state index in [4.69, 9.17) is 10.7 Å². The Bertz CT molecular complexity index is 1200. The summed E-state index contributed by atoms with van der Waals surface area (Å²) < 4.78 is 2.07. The van der Waals surface area contributed by atoms with Gasteiger partial charge in [0.1, 0.15) is 22.9 Å². The van der Waals surface area contributed by atoms with Gasteiger partial charge in [0.2, 0.25) is 6.41 Å². The molecule has 0 radical (unpaired) electrons. The molecule has 29 heavy (non-hydrogen) atoms. The summed E-state index contributed by atoms with van der Waals surface area (Å²) in [5, 5.41) is 3.09. The summed E-state index contributed by atoms with van der Waals surface area (Å²) in [4.78, 5) is 23.6. The highest BCUT2D eigenvalue weighted by atomic mass is 16.1. The topological polar surface area (TPSA) is 104 Å². The predicted octanol–water partition coefficient (Wildman–Crippen LogP) is 2.61. The molecule has 1 aromatic carbocycles. The van der Waals surface area contributed by atoms with E-state index < -0.39 is 0 Å². The van der Waals surface area contributed by atoms with Gasteiger partial charge >= 0.3 is 0 Å². The van der Waals surface area contributed by atoms with Crippen molar-refractivity contribution in [2.75, 3.05) is 18.8 Å². The lowest BCUT2D eigenvalue weighted by atomic mass is 9.97. The van der Waals surface area contributed by atoms with Gasteiger partial charge in [0.25, 0.3) is 0 Å². The molecule has 4 aromatic rings. The van der Waals surface area contributed by atoms with Crippen LogP contribution in [-0.2, 0) is 4.79 Å². The third-order valence-corrected chi connectivity index (χ3v) is 5.83. The zero-order valence-corrected chi connectivity index (χ0v) is 16.2. The van der Waals surface area contributed by atoms with E-state index in [0.29, 0.717) is 5.82 Å². The molecule has 1 fully saturated rings. The monoisotopic (exact) mass is 389 g/mol. The number of para-hydroxylation sites is 1. The van der Waals surface area contributed by atoms with Gasteiger partial charge in [-0.3, -0.25) is 14.6 Å². The number of carbonyl (C=O) groups excluding carboxylic acids is 1. The van der Waals surface area contributed by atoms with E-state index in [1.165, 1.54) is 5.56 Å². The molecule has 0 aliphatic carbocycles. The number of benzene rings is 1. The van der Waals surface area contributed by atoms with E-state index in [2.05, 4.69) is 51.0 Å². The van der Waals surface area contributed by atoms with Gasteiger partial charge in [-0.15, -0.1) is 0 Å². The summed E-state index contributed by atoms with van der Waals surface area (Å²) >= 11 is 0. The number of fused-ring (bicyclic) bond motifs is 2. The lowest BCUT2D eigenvalue weighted by Gasteiger charge is -2.30. The number of nitrogens with two attached hydrogens (primary N) is 1. The second-order valence-corrected chi connectivity index (χ2v) is 7.58. The van der Waals surface area contributed by atoms with Crippen molar-refractivity contribution in [3.05, 3.63) is 48.0 Å². The van der Waals surface area contributed by atoms with Gasteiger partial charge in [-0.1, -0.05) is 18.2 Å². The number of nitrogens with one attached hydrogen (secondary N) is 2. The van der Waals surface area contributed by atoms with Crippen LogP contribution in [-0.4, -0.2) is 43.9 Å². The van der Waals surface area contributed by atoms with Crippen molar-refractivity contribution in [3.63, 3.8) is 0 Å². The highest BCUT2D eigenvalue weighted by Gasteiger charge is 2.27. The second kappa shape index (κ2) is 6.89. The van der Waals surface area contributed by atoms with E-state index >= 15 is 0 Å². The molecule has 1 aliphatic heterocycles. The quantitative estimate of drug-likeness (QED) is 0.466. The van der Waals surface area contributed by atoms with Gasteiger partial charge in [-0.25, -0.2) is 15.0 Å². The summed E-state index contributed by atoms with van der Waals surface area (Å²) in [6.07, 6.45) is 6.20. The first kappa shape index (κ1) is 17.7. The number of hydrogen-bond donors (Lipinski definition) is 3. The van der Waals surface area contributed by atoms with Crippen molar-refractivity contribution in [1.29, 1.82) is 0 Å². The maximum Gasteiger partial charge on any atom is 0.221 e. The minimum atomic E-state index is 0.286. The summed E-state index contributed by atoms with van der Waals surface area (Å²) in [5.74, 6) is 1.75. The van der Waals surface area contributed by atoms with Crippen molar-refractivity contribution < 1.29 is 4.79 Å². The molecular weight excluding hydrogens is 366 g/mol. The van der Waals surface area contributed by atoms with Crippen LogP contribution in [0.1, 0.15) is 30.1 Å². The fraction of sp³-hybridized carbons (Fsp3) is 0.286. The average Bonchev–Trinajstić information content (AvgIpc) is 3.32. The first-order chi connectivity index (χ1) is 14.2. The zero-order chi connectivity index (χ0) is 20.0. The van der Waals surface area contributed by atoms with E-state index in [0.717, 1.165) is 66.0 Å².